The first-order chi connectivity index (χ1) is 12.4. The van der Waals surface area contributed by atoms with Gasteiger partial charge in [-0.3, -0.25) is 4.79 Å². The highest BCUT2D eigenvalue weighted by Gasteiger charge is 2.23. The molecule has 0 aliphatic carbocycles. The topological polar surface area (TPSA) is 90.5 Å². The minimum Gasteiger partial charge on any atom is -0.384 e. The van der Waals surface area contributed by atoms with Crippen LogP contribution in [0.3, 0.4) is 0 Å². The van der Waals surface area contributed by atoms with Crippen molar-refractivity contribution in [1.82, 2.24) is 9.62 Å². The fraction of sp³-hybridized carbons (Fsp3) is 0.611. The molecule has 1 aliphatic heterocycles. The molecular formula is C18H31ClN4O3S. The molecule has 1 atom stereocenters. The average molecular weight is 419 g/mol. The number of carbonyl (C=O) groups excluding carboxylic acids is 1. The van der Waals surface area contributed by atoms with E-state index in [1.165, 1.54) is 4.31 Å². The summed E-state index contributed by atoms with van der Waals surface area (Å²) in [6, 6.07) is 5.04. The summed E-state index contributed by atoms with van der Waals surface area (Å²) in [6.45, 7) is 8.00. The van der Waals surface area contributed by atoms with E-state index in [2.05, 4.69) is 16.0 Å². The number of amides is 1. The van der Waals surface area contributed by atoms with Gasteiger partial charge < -0.3 is 16.0 Å². The predicted molar refractivity (Wildman–Crippen MR) is 112 cm³/mol. The molecule has 1 fully saturated rings. The van der Waals surface area contributed by atoms with Crippen molar-refractivity contribution in [2.24, 2.45) is 0 Å². The molecule has 1 heterocycles. The molecular weight excluding hydrogens is 388 g/mol. The third-order valence-corrected chi connectivity index (χ3v) is 6.62. The second-order valence-electron chi connectivity index (χ2n) is 6.37. The highest BCUT2D eigenvalue weighted by atomic mass is 35.5. The maximum atomic E-state index is 12.8. The number of benzene rings is 1. The van der Waals surface area contributed by atoms with Crippen LogP contribution in [0.1, 0.15) is 40.0 Å². The van der Waals surface area contributed by atoms with Crippen molar-refractivity contribution >= 4 is 39.7 Å². The van der Waals surface area contributed by atoms with Crippen LogP contribution in [0.4, 0.5) is 11.4 Å². The molecule has 2 rings (SSSR count). The van der Waals surface area contributed by atoms with Crippen molar-refractivity contribution in [3.63, 3.8) is 0 Å². The maximum Gasteiger partial charge on any atom is 0.243 e. The Morgan fingerprint density at radius 1 is 1.22 bits per heavy atom. The third-order valence-electron chi connectivity index (χ3n) is 4.57. The lowest BCUT2D eigenvalue weighted by molar-refractivity contribution is -0.116. The molecule has 7 nitrogen and oxygen atoms in total. The average Bonchev–Trinajstić information content (AvgIpc) is 3.10. The van der Waals surface area contributed by atoms with E-state index in [1.807, 2.05) is 20.8 Å². The summed E-state index contributed by atoms with van der Waals surface area (Å²) in [6.07, 6.45) is 2.46. The SMILES string of the molecule is CCNc1ccc(S(=O)(=O)N(CC)CC)cc1NC(=O)CC1CCCN1.Cl. The molecule has 0 radical (unpaired) electrons. The Hall–Kier alpha value is -1.35. The van der Waals surface area contributed by atoms with Crippen molar-refractivity contribution in [3.05, 3.63) is 18.2 Å². The monoisotopic (exact) mass is 418 g/mol. The lowest BCUT2D eigenvalue weighted by Gasteiger charge is -2.20. The van der Waals surface area contributed by atoms with Gasteiger partial charge in [-0.15, -0.1) is 12.4 Å². The molecule has 1 aliphatic rings. The molecule has 1 aromatic rings. The summed E-state index contributed by atoms with van der Waals surface area (Å²) in [5.74, 6) is -0.110. The molecule has 0 aromatic heterocycles. The van der Waals surface area contributed by atoms with Gasteiger partial charge in [-0.1, -0.05) is 13.8 Å². The molecule has 1 amide bonds. The molecule has 0 saturated carbocycles. The summed E-state index contributed by atoms with van der Waals surface area (Å²) >= 11 is 0. The van der Waals surface area contributed by atoms with Gasteiger partial charge in [0.05, 0.1) is 16.3 Å². The number of sulfonamides is 1. The Balaban J connectivity index is 0.00000364. The number of hydrogen-bond acceptors (Lipinski definition) is 5. The molecule has 154 valence electrons. The number of rotatable bonds is 9. The van der Waals surface area contributed by atoms with Gasteiger partial charge in [-0.25, -0.2) is 8.42 Å². The second kappa shape index (κ2) is 10.8. The quantitative estimate of drug-likeness (QED) is 0.573. The zero-order valence-electron chi connectivity index (χ0n) is 16.2. The van der Waals surface area contributed by atoms with E-state index in [0.29, 0.717) is 31.7 Å². The Morgan fingerprint density at radius 2 is 1.93 bits per heavy atom. The highest BCUT2D eigenvalue weighted by Crippen LogP contribution is 2.27. The summed E-state index contributed by atoms with van der Waals surface area (Å²) in [5, 5.41) is 9.36. The number of hydrogen-bond donors (Lipinski definition) is 3. The van der Waals surface area contributed by atoms with Crippen LogP contribution in [0.5, 0.6) is 0 Å². The lowest BCUT2D eigenvalue weighted by Crippen LogP contribution is -2.31. The molecule has 1 saturated heterocycles. The van der Waals surface area contributed by atoms with Gasteiger partial charge >= 0.3 is 0 Å². The predicted octanol–water partition coefficient (Wildman–Crippen LogP) is 2.65. The Bertz CT molecular complexity index is 717. The van der Waals surface area contributed by atoms with E-state index in [-0.39, 0.29) is 29.3 Å². The zero-order valence-corrected chi connectivity index (χ0v) is 17.9. The van der Waals surface area contributed by atoms with Crippen LogP contribution in [0.25, 0.3) is 0 Å². The summed E-state index contributed by atoms with van der Waals surface area (Å²) in [5.41, 5.74) is 1.22. The maximum absolute atomic E-state index is 12.8. The van der Waals surface area contributed by atoms with E-state index < -0.39 is 10.0 Å². The van der Waals surface area contributed by atoms with E-state index in [9.17, 15) is 13.2 Å². The largest absolute Gasteiger partial charge is 0.384 e. The molecule has 9 heteroatoms. The van der Waals surface area contributed by atoms with E-state index >= 15 is 0 Å². The molecule has 1 unspecified atom stereocenters. The zero-order chi connectivity index (χ0) is 19.2. The number of nitrogens with one attached hydrogen (secondary N) is 3. The van der Waals surface area contributed by atoms with Gasteiger partial charge in [0, 0.05) is 32.1 Å². The first kappa shape index (κ1) is 23.7. The second-order valence-corrected chi connectivity index (χ2v) is 8.31. The normalized spacial score (nSPS) is 16.8. The number of carbonyl (C=O) groups is 1. The Kier molecular flexibility index (Phi) is 9.52. The number of nitrogens with zero attached hydrogens (tertiary/aromatic N) is 1. The standard InChI is InChI=1S/C18H30N4O3S.ClH/c1-4-19-16-10-9-15(26(24,25)22(5-2)6-3)13-17(16)21-18(23)12-14-8-7-11-20-14;/h9-10,13-14,19-20H,4-8,11-12H2,1-3H3,(H,21,23);1H. The van der Waals surface area contributed by atoms with Gasteiger partial charge in [0.1, 0.15) is 0 Å². The number of halogens is 1. The van der Waals surface area contributed by atoms with Crippen LogP contribution >= 0.6 is 12.4 Å². The van der Waals surface area contributed by atoms with Crippen LogP contribution in [-0.4, -0.2) is 50.9 Å². The fourth-order valence-electron chi connectivity index (χ4n) is 3.20. The van der Waals surface area contributed by atoms with Crippen molar-refractivity contribution in [2.75, 3.05) is 36.8 Å². The first-order valence-electron chi connectivity index (χ1n) is 9.33. The van der Waals surface area contributed by atoms with Crippen LogP contribution in [0.15, 0.2) is 23.1 Å². The first-order valence-corrected chi connectivity index (χ1v) is 10.8. The van der Waals surface area contributed by atoms with Crippen molar-refractivity contribution in [1.29, 1.82) is 0 Å². The van der Waals surface area contributed by atoms with Gasteiger partial charge in [-0.2, -0.15) is 4.31 Å². The van der Waals surface area contributed by atoms with Crippen LogP contribution in [-0.2, 0) is 14.8 Å². The van der Waals surface area contributed by atoms with Crippen molar-refractivity contribution < 1.29 is 13.2 Å². The molecule has 27 heavy (non-hydrogen) atoms. The van der Waals surface area contributed by atoms with Gasteiger partial charge in [0.25, 0.3) is 0 Å². The van der Waals surface area contributed by atoms with Crippen LogP contribution in [0.2, 0.25) is 0 Å². The van der Waals surface area contributed by atoms with Gasteiger partial charge in [0.15, 0.2) is 0 Å². The van der Waals surface area contributed by atoms with Crippen molar-refractivity contribution in [2.45, 2.75) is 51.0 Å². The molecule has 0 spiro atoms. The lowest BCUT2D eigenvalue weighted by atomic mass is 10.1. The minimum atomic E-state index is -3.57. The Labute approximate surface area is 168 Å². The molecule has 1 aromatic carbocycles. The highest BCUT2D eigenvalue weighted by molar-refractivity contribution is 7.89. The van der Waals surface area contributed by atoms with E-state index in [4.69, 9.17) is 0 Å². The summed E-state index contributed by atoms with van der Waals surface area (Å²) in [4.78, 5) is 12.6. The van der Waals surface area contributed by atoms with Gasteiger partial charge in [-0.05, 0) is 44.5 Å². The Morgan fingerprint density at radius 3 is 2.48 bits per heavy atom. The summed E-state index contributed by atoms with van der Waals surface area (Å²) < 4.78 is 26.9. The fourth-order valence-corrected chi connectivity index (χ4v) is 4.69. The van der Waals surface area contributed by atoms with Crippen LogP contribution in [0, 0.1) is 0 Å². The molecule has 0 bridgehead atoms. The smallest absolute Gasteiger partial charge is 0.243 e. The van der Waals surface area contributed by atoms with E-state index in [1.54, 1.807) is 18.2 Å². The summed E-state index contributed by atoms with van der Waals surface area (Å²) in [7, 11) is -3.57. The van der Waals surface area contributed by atoms with E-state index in [0.717, 1.165) is 25.1 Å². The van der Waals surface area contributed by atoms with Crippen LogP contribution < -0.4 is 16.0 Å². The van der Waals surface area contributed by atoms with Gasteiger partial charge in [0.2, 0.25) is 15.9 Å². The third kappa shape index (κ3) is 6.07. The molecule has 3 N–H and O–H groups in total. The van der Waals surface area contributed by atoms with Crippen molar-refractivity contribution in [3.8, 4) is 0 Å². The number of anilines is 2. The minimum absolute atomic E-state index is 0.